The Morgan fingerprint density at radius 3 is 2.45 bits per heavy atom. The van der Waals surface area contributed by atoms with Gasteiger partial charge < -0.3 is 4.57 Å². The number of halogens is 2. The number of aromatic nitrogens is 3. The Bertz CT molecular complexity index is 1600. The molecule has 0 amide bonds. The van der Waals surface area contributed by atoms with Crippen molar-refractivity contribution in [2.45, 2.75) is 20.4 Å². The van der Waals surface area contributed by atoms with Crippen LogP contribution in [0, 0.1) is 13.8 Å². The second-order valence-electron chi connectivity index (χ2n) is 7.91. The molecule has 0 bridgehead atoms. The lowest BCUT2D eigenvalue weighted by Crippen LogP contribution is -2.20. The van der Waals surface area contributed by atoms with Gasteiger partial charge in [-0.25, -0.2) is 4.98 Å². The Morgan fingerprint density at radius 1 is 0.939 bits per heavy atom. The van der Waals surface area contributed by atoms with Crippen molar-refractivity contribution in [3.05, 3.63) is 109 Å². The molecule has 164 valence electrons. The van der Waals surface area contributed by atoms with Crippen LogP contribution in [0.3, 0.4) is 0 Å². The van der Waals surface area contributed by atoms with Crippen LogP contribution in [-0.2, 0) is 6.54 Å². The zero-order valence-electron chi connectivity index (χ0n) is 18.1. The molecule has 0 aliphatic heterocycles. The van der Waals surface area contributed by atoms with E-state index in [1.165, 1.54) is 10.2 Å². The van der Waals surface area contributed by atoms with Gasteiger partial charge in [0.25, 0.3) is 5.56 Å². The van der Waals surface area contributed by atoms with Crippen molar-refractivity contribution in [1.29, 1.82) is 0 Å². The molecule has 0 atom stereocenters. The van der Waals surface area contributed by atoms with Gasteiger partial charge in [0.15, 0.2) is 0 Å². The highest BCUT2D eigenvalue weighted by Gasteiger charge is 2.14. The Labute approximate surface area is 207 Å². The fourth-order valence-electron chi connectivity index (χ4n) is 4.11. The molecule has 5 rings (SSSR count). The van der Waals surface area contributed by atoms with Crippen LogP contribution in [0.5, 0.6) is 0 Å². The van der Waals surface area contributed by atoms with E-state index in [0.29, 0.717) is 16.7 Å². The number of aryl methyl sites for hydroxylation is 1. The second-order valence-corrected chi connectivity index (χ2v) is 9.74. The van der Waals surface area contributed by atoms with Gasteiger partial charge in [-0.3, -0.25) is 4.79 Å². The van der Waals surface area contributed by atoms with Gasteiger partial charge in [-0.1, -0.05) is 62.2 Å². The lowest BCUT2D eigenvalue weighted by Gasteiger charge is -2.09. The first-order valence-electron chi connectivity index (χ1n) is 10.5. The lowest BCUT2D eigenvalue weighted by atomic mass is 10.1. The highest BCUT2D eigenvalue weighted by Crippen LogP contribution is 2.26. The van der Waals surface area contributed by atoms with Gasteiger partial charge in [0.2, 0.25) is 0 Å². The zero-order valence-corrected chi connectivity index (χ0v) is 21.3. The second kappa shape index (κ2) is 8.72. The molecule has 0 aliphatic rings. The highest BCUT2D eigenvalue weighted by molar-refractivity contribution is 9.10. The van der Waals surface area contributed by atoms with E-state index in [1.807, 2.05) is 24.3 Å². The molecular formula is C26H20Br2N4O. The van der Waals surface area contributed by atoms with Crippen molar-refractivity contribution in [2.24, 2.45) is 5.10 Å². The summed E-state index contributed by atoms with van der Waals surface area (Å²) in [6.07, 6.45) is 1.77. The third kappa shape index (κ3) is 4.07. The van der Waals surface area contributed by atoms with Gasteiger partial charge >= 0.3 is 0 Å². The number of hydrogen-bond acceptors (Lipinski definition) is 3. The zero-order chi connectivity index (χ0) is 23.1. The molecule has 33 heavy (non-hydrogen) atoms. The summed E-state index contributed by atoms with van der Waals surface area (Å²) in [5.41, 5.74) is 4.89. The monoisotopic (exact) mass is 562 g/mol. The summed E-state index contributed by atoms with van der Waals surface area (Å²) >= 11 is 6.94. The molecule has 0 spiro atoms. The summed E-state index contributed by atoms with van der Waals surface area (Å²) in [6.45, 7) is 4.63. The molecule has 2 aromatic heterocycles. The molecular weight excluding hydrogens is 544 g/mol. The third-order valence-corrected chi connectivity index (χ3v) is 6.83. The van der Waals surface area contributed by atoms with E-state index in [2.05, 4.69) is 89.8 Å². The van der Waals surface area contributed by atoms with Gasteiger partial charge in [0, 0.05) is 37.7 Å². The summed E-state index contributed by atoms with van der Waals surface area (Å²) in [5, 5.41) is 6.20. The average Bonchev–Trinajstić information content (AvgIpc) is 3.07. The van der Waals surface area contributed by atoms with Crippen LogP contribution >= 0.6 is 31.9 Å². The van der Waals surface area contributed by atoms with Crippen LogP contribution in [0.15, 0.2) is 85.6 Å². The number of fused-ring (bicyclic) bond motifs is 2. The van der Waals surface area contributed by atoms with Gasteiger partial charge in [0.05, 0.1) is 17.1 Å². The number of nitrogens with zero attached hydrogens (tertiary/aromatic N) is 4. The van der Waals surface area contributed by atoms with Crippen molar-refractivity contribution in [1.82, 2.24) is 14.2 Å². The maximum Gasteiger partial charge on any atom is 0.282 e. The number of hydrogen-bond donors (Lipinski definition) is 0. The van der Waals surface area contributed by atoms with Crippen LogP contribution in [0.2, 0.25) is 0 Å². The van der Waals surface area contributed by atoms with E-state index in [-0.39, 0.29) is 5.56 Å². The predicted molar refractivity (Wildman–Crippen MR) is 141 cm³/mol. The predicted octanol–water partition coefficient (Wildman–Crippen LogP) is 6.42. The summed E-state index contributed by atoms with van der Waals surface area (Å²) in [6, 6.07) is 22.1. The van der Waals surface area contributed by atoms with Crippen LogP contribution in [-0.4, -0.2) is 20.4 Å². The standard InChI is InChI=1S/C26H20Br2N4O/c1-16-23(14-29-32-17(2)30-24-12-11-20(28)13-22(24)26(32)33)21-5-3-4-6-25(21)31(16)15-18-7-9-19(27)10-8-18/h3-14H,15H2,1-2H3. The third-order valence-electron chi connectivity index (χ3n) is 5.81. The van der Waals surface area contributed by atoms with Crippen molar-refractivity contribution < 1.29 is 0 Å². The summed E-state index contributed by atoms with van der Waals surface area (Å²) in [4.78, 5) is 17.7. The highest BCUT2D eigenvalue weighted by atomic mass is 79.9. The van der Waals surface area contributed by atoms with Crippen molar-refractivity contribution >= 4 is 59.9 Å². The first-order valence-corrected chi connectivity index (χ1v) is 12.1. The van der Waals surface area contributed by atoms with E-state index in [9.17, 15) is 4.79 Å². The van der Waals surface area contributed by atoms with E-state index in [4.69, 9.17) is 0 Å². The van der Waals surface area contributed by atoms with Crippen molar-refractivity contribution in [3.63, 3.8) is 0 Å². The van der Waals surface area contributed by atoms with Crippen LogP contribution in [0.25, 0.3) is 21.8 Å². The summed E-state index contributed by atoms with van der Waals surface area (Å²) in [5.74, 6) is 0.544. The van der Waals surface area contributed by atoms with Gasteiger partial charge in [-0.15, -0.1) is 0 Å². The molecule has 0 saturated carbocycles. The first kappa shape index (κ1) is 21.8. The van der Waals surface area contributed by atoms with E-state index < -0.39 is 0 Å². The maximum atomic E-state index is 13.1. The molecule has 0 unspecified atom stereocenters. The molecule has 0 radical (unpaired) electrons. The molecule has 2 heterocycles. The summed E-state index contributed by atoms with van der Waals surface area (Å²) < 4.78 is 5.55. The molecule has 0 saturated heterocycles. The summed E-state index contributed by atoms with van der Waals surface area (Å²) in [7, 11) is 0. The van der Waals surface area contributed by atoms with Gasteiger partial charge in [-0.05, 0) is 55.8 Å². The lowest BCUT2D eigenvalue weighted by molar-refractivity contribution is 0.769. The molecule has 7 heteroatoms. The minimum atomic E-state index is -0.189. The van der Waals surface area contributed by atoms with E-state index >= 15 is 0 Å². The van der Waals surface area contributed by atoms with Crippen LogP contribution < -0.4 is 5.56 Å². The number of para-hydroxylation sites is 1. The Balaban J connectivity index is 1.62. The number of benzene rings is 3. The quantitative estimate of drug-likeness (QED) is 0.237. The number of rotatable bonds is 4. The molecule has 3 aromatic carbocycles. The normalized spacial score (nSPS) is 11.8. The average molecular weight is 564 g/mol. The minimum absolute atomic E-state index is 0.189. The fourth-order valence-corrected chi connectivity index (χ4v) is 4.73. The minimum Gasteiger partial charge on any atom is -0.340 e. The maximum absolute atomic E-state index is 13.1. The molecule has 5 nitrogen and oxygen atoms in total. The van der Waals surface area contributed by atoms with Crippen molar-refractivity contribution in [3.8, 4) is 0 Å². The Morgan fingerprint density at radius 2 is 1.67 bits per heavy atom. The van der Waals surface area contributed by atoms with Crippen molar-refractivity contribution in [2.75, 3.05) is 0 Å². The molecule has 5 aromatic rings. The van der Waals surface area contributed by atoms with Crippen LogP contribution in [0.4, 0.5) is 0 Å². The largest absolute Gasteiger partial charge is 0.340 e. The molecule has 0 fully saturated rings. The molecule has 0 N–H and O–H groups in total. The SMILES string of the molecule is Cc1nc2ccc(Br)cc2c(=O)n1N=Cc1c(C)n(Cc2ccc(Br)cc2)c2ccccc12. The van der Waals surface area contributed by atoms with Gasteiger partial charge in [0.1, 0.15) is 5.82 Å². The Kier molecular flexibility index (Phi) is 5.76. The topological polar surface area (TPSA) is 52.2 Å². The molecule has 0 aliphatic carbocycles. The van der Waals surface area contributed by atoms with E-state index in [0.717, 1.165) is 37.7 Å². The van der Waals surface area contributed by atoms with Crippen LogP contribution in [0.1, 0.15) is 22.6 Å². The Hall–Kier alpha value is -3.03. The fraction of sp³-hybridized carbons (Fsp3) is 0.115. The first-order chi connectivity index (χ1) is 15.9. The van der Waals surface area contributed by atoms with Gasteiger partial charge in [-0.2, -0.15) is 9.78 Å². The van der Waals surface area contributed by atoms with E-state index in [1.54, 1.807) is 19.2 Å². The smallest absolute Gasteiger partial charge is 0.282 e.